The van der Waals surface area contributed by atoms with Crippen LogP contribution in [0.1, 0.15) is 11.3 Å². The van der Waals surface area contributed by atoms with Crippen LogP contribution < -0.4 is 5.73 Å². The van der Waals surface area contributed by atoms with E-state index in [9.17, 15) is 4.39 Å². The summed E-state index contributed by atoms with van der Waals surface area (Å²) in [6.45, 7) is 1.98. The van der Waals surface area contributed by atoms with Gasteiger partial charge < -0.3 is 5.73 Å². The molecule has 0 aliphatic heterocycles. The van der Waals surface area contributed by atoms with Crippen molar-refractivity contribution < 1.29 is 4.39 Å². The molecular formula is C17H14FN7. The number of aromatic nitrogens is 6. The van der Waals surface area contributed by atoms with Gasteiger partial charge >= 0.3 is 0 Å². The van der Waals surface area contributed by atoms with Crippen molar-refractivity contribution in [3.8, 4) is 11.5 Å². The third kappa shape index (κ3) is 2.67. The zero-order valence-electron chi connectivity index (χ0n) is 13.4. The van der Waals surface area contributed by atoms with Crippen LogP contribution in [0.5, 0.6) is 0 Å². The molecule has 1 aromatic carbocycles. The fourth-order valence-electron chi connectivity index (χ4n) is 2.56. The molecule has 0 radical (unpaired) electrons. The van der Waals surface area contributed by atoms with E-state index in [0.29, 0.717) is 34.2 Å². The van der Waals surface area contributed by atoms with E-state index in [1.807, 2.05) is 6.07 Å². The van der Waals surface area contributed by atoms with Gasteiger partial charge in [-0.05, 0) is 25.1 Å². The first-order valence-electron chi connectivity index (χ1n) is 7.65. The molecule has 0 spiro atoms. The van der Waals surface area contributed by atoms with Gasteiger partial charge in [0.1, 0.15) is 23.0 Å². The van der Waals surface area contributed by atoms with Crippen LogP contribution >= 0.6 is 0 Å². The highest BCUT2D eigenvalue weighted by molar-refractivity contribution is 5.89. The summed E-state index contributed by atoms with van der Waals surface area (Å²) >= 11 is 0. The molecule has 2 N–H and O–H groups in total. The molecule has 0 aliphatic rings. The SMILES string of the molecule is Cc1nnc(-c2nn(Cc3ccccc3F)c3ncccc23)nc1N. The largest absolute Gasteiger partial charge is 0.382 e. The van der Waals surface area contributed by atoms with Crippen LogP contribution in [0.15, 0.2) is 42.6 Å². The van der Waals surface area contributed by atoms with E-state index in [1.54, 1.807) is 42.1 Å². The van der Waals surface area contributed by atoms with E-state index in [1.165, 1.54) is 6.07 Å². The molecule has 25 heavy (non-hydrogen) atoms. The minimum Gasteiger partial charge on any atom is -0.382 e. The average molecular weight is 335 g/mol. The van der Waals surface area contributed by atoms with Gasteiger partial charge in [-0.1, -0.05) is 18.2 Å². The summed E-state index contributed by atoms with van der Waals surface area (Å²) in [6, 6.07) is 10.2. The second-order valence-electron chi connectivity index (χ2n) is 5.58. The average Bonchev–Trinajstić information content (AvgIpc) is 2.98. The Labute approximate surface area is 142 Å². The molecule has 0 saturated heterocycles. The highest BCUT2D eigenvalue weighted by Crippen LogP contribution is 2.25. The second-order valence-corrected chi connectivity index (χ2v) is 5.58. The Morgan fingerprint density at radius 1 is 1.12 bits per heavy atom. The summed E-state index contributed by atoms with van der Waals surface area (Å²) in [4.78, 5) is 8.62. The van der Waals surface area contributed by atoms with Crippen molar-refractivity contribution in [1.29, 1.82) is 0 Å². The second kappa shape index (κ2) is 5.90. The Morgan fingerprint density at radius 3 is 2.76 bits per heavy atom. The summed E-state index contributed by atoms with van der Waals surface area (Å²) in [7, 11) is 0. The number of aryl methyl sites for hydroxylation is 1. The monoisotopic (exact) mass is 335 g/mol. The lowest BCUT2D eigenvalue weighted by Gasteiger charge is -2.04. The maximum atomic E-state index is 14.0. The van der Waals surface area contributed by atoms with Gasteiger partial charge in [0.25, 0.3) is 0 Å². The summed E-state index contributed by atoms with van der Waals surface area (Å²) in [5.74, 6) is 0.320. The Balaban J connectivity index is 1.87. The van der Waals surface area contributed by atoms with Gasteiger partial charge in [-0.15, -0.1) is 10.2 Å². The number of fused-ring (bicyclic) bond motifs is 1. The van der Waals surface area contributed by atoms with Crippen LogP contribution in [-0.2, 0) is 6.54 Å². The van der Waals surface area contributed by atoms with Gasteiger partial charge in [-0.3, -0.25) is 0 Å². The standard InChI is InChI=1S/C17H14FN7/c1-10-15(19)21-16(23-22-10)14-12-6-4-8-20-17(12)25(24-14)9-11-5-2-3-7-13(11)18/h2-8H,9H2,1H3,(H2,19,21,23). The van der Waals surface area contributed by atoms with Gasteiger partial charge in [-0.25, -0.2) is 19.0 Å². The molecule has 8 heteroatoms. The zero-order chi connectivity index (χ0) is 17.4. The van der Waals surface area contributed by atoms with E-state index in [4.69, 9.17) is 5.73 Å². The number of hydrogen-bond donors (Lipinski definition) is 1. The number of rotatable bonds is 3. The molecule has 4 aromatic rings. The van der Waals surface area contributed by atoms with Gasteiger partial charge in [-0.2, -0.15) is 5.10 Å². The molecule has 124 valence electrons. The first-order chi connectivity index (χ1) is 12.1. The predicted octanol–water partition coefficient (Wildman–Crippen LogP) is 2.36. The summed E-state index contributed by atoms with van der Waals surface area (Å²) < 4.78 is 15.6. The molecule has 7 nitrogen and oxygen atoms in total. The summed E-state index contributed by atoms with van der Waals surface area (Å²) in [6.07, 6.45) is 1.66. The van der Waals surface area contributed by atoms with E-state index in [2.05, 4.69) is 25.3 Å². The Bertz CT molecular complexity index is 1070. The van der Waals surface area contributed by atoms with Crippen LogP contribution in [-0.4, -0.2) is 29.9 Å². The first-order valence-corrected chi connectivity index (χ1v) is 7.65. The van der Waals surface area contributed by atoms with Crippen molar-refractivity contribution in [2.45, 2.75) is 13.5 Å². The van der Waals surface area contributed by atoms with Crippen molar-refractivity contribution in [1.82, 2.24) is 29.9 Å². The van der Waals surface area contributed by atoms with E-state index < -0.39 is 0 Å². The predicted molar refractivity (Wildman–Crippen MR) is 91.0 cm³/mol. The molecule has 0 saturated carbocycles. The van der Waals surface area contributed by atoms with Gasteiger partial charge in [0, 0.05) is 11.8 Å². The number of hydrogen-bond acceptors (Lipinski definition) is 6. The first kappa shape index (κ1) is 15.1. The molecule has 0 fully saturated rings. The molecular weight excluding hydrogens is 321 g/mol. The smallest absolute Gasteiger partial charge is 0.204 e. The van der Waals surface area contributed by atoms with Crippen LogP contribution in [0, 0.1) is 12.7 Å². The van der Waals surface area contributed by atoms with Crippen molar-refractivity contribution in [2.75, 3.05) is 5.73 Å². The van der Waals surface area contributed by atoms with E-state index >= 15 is 0 Å². The normalized spacial score (nSPS) is 11.1. The van der Waals surface area contributed by atoms with Crippen LogP contribution in [0.25, 0.3) is 22.6 Å². The molecule has 0 amide bonds. The number of nitrogens with zero attached hydrogens (tertiary/aromatic N) is 6. The molecule has 4 rings (SSSR count). The molecule has 0 bridgehead atoms. The number of nitrogens with two attached hydrogens (primary N) is 1. The van der Waals surface area contributed by atoms with Crippen molar-refractivity contribution in [2.24, 2.45) is 0 Å². The fourth-order valence-corrected chi connectivity index (χ4v) is 2.56. The minimum atomic E-state index is -0.291. The molecule has 3 heterocycles. The third-order valence-electron chi connectivity index (χ3n) is 3.89. The lowest BCUT2D eigenvalue weighted by Crippen LogP contribution is -2.05. The summed E-state index contributed by atoms with van der Waals surface area (Å²) in [5.41, 5.74) is 8.04. The van der Waals surface area contributed by atoms with Crippen molar-refractivity contribution in [3.05, 3.63) is 59.7 Å². The van der Waals surface area contributed by atoms with Gasteiger partial charge in [0.15, 0.2) is 5.65 Å². The quantitative estimate of drug-likeness (QED) is 0.617. The van der Waals surface area contributed by atoms with Crippen LogP contribution in [0.3, 0.4) is 0 Å². The van der Waals surface area contributed by atoms with E-state index in [-0.39, 0.29) is 12.4 Å². The maximum absolute atomic E-state index is 14.0. The highest BCUT2D eigenvalue weighted by Gasteiger charge is 2.17. The minimum absolute atomic E-state index is 0.245. The van der Waals surface area contributed by atoms with E-state index in [0.717, 1.165) is 5.39 Å². The lowest BCUT2D eigenvalue weighted by molar-refractivity contribution is 0.589. The van der Waals surface area contributed by atoms with Crippen LogP contribution in [0.4, 0.5) is 10.2 Å². The van der Waals surface area contributed by atoms with Crippen LogP contribution in [0.2, 0.25) is 0 Å². The summed E-state index contributed by atoms with van der Waals surface area (Å²) in [5, 5.41) is 13.4. The molecule has 0 unspecified atom stereocenters. The zero-order valence-corrected chi connectivity index (χ0v) is 13.4. The van der Waals surface area contributed by atoms with Gasteiger partial charge in [0.05, 0.1) is 11.9 Å². The molecule has 0 atom stereocenters. The highest BCUT2D eigenvalue weighted by atomic mass is 19.1. The number of benzene rings is 1. The third-order valence-corrected chi connectivity index (χ3v) is 3.89. The Kier molecular flexibility index (Phi) is 3.57. The van der Waals surface area contributed by atoms with Crippen molar-refractivity contribution in [3.63, 3.8) is 0 Å². The fraction of sp³-hybridized carbons (Fsp3) is 0.118. The molecule has 0 aliphatic carbocycles. The number of halogens is 1. The Hall–Kier alpha value is -3.42. The Morgan fingerprint density at radius 2 is 1.96 bits per heavy atom. The number of pyridine rings is 1. The number of nitrogen functional groups attached to an aromatic ring is 1. The topological polar surface area (TPSA) is 95.4 Å². The maximum Gasteiger partial charge on any atom is 0.204 e. The van der Waals surface area contributed by atoms with Crippen molar-refractivity contribution >= 4 is 16.9 Å². The molecule has 3 aromatic heterocycles. The lowest BCUT2D eigenvalue weighted by atomic mass is 10.2. The number of anilines is 1. The van der Waals surface area contributed by atoms with Gasteiger partial charge in [0.2, 0.25) is 5.82 Å².